The number of aliphatic carboxylic acids is 1. The van der Waals surface area contributed by atoms with Crippen molar-refractivity contribution in [2.45, 2.75) is 32.6 Å². The van der Waals surface area contributed by atoms with Crippen LogP contribution in [-0.2, 0) is 9.53 Å². The number of carboxylic acids is 1. The summed E-state index contributed by atoms with van der Waals surface area (Å²) in [4.78, 5) is 10.0. The quantitative estimate of drug-likeness (QED) is 0.576. The monoisotopic (exact) mass is 160 g/mol. The first-order chi connectivity index (χ1) is 5.27. The van der Waals surface area contributed by atoms with Gasteiger partial charge >= 0.3 is 5.97 Å². The summed E-state index contributed by atoms with van der Waals surface area (Å²) in [5.74, 6) is -0.746. The molecule has 0 aromatic rings. The van der Waals surface area contributed by atoms with Gasteiger partial charge in [0.25, 0.3) is 0 Å². The fraction of sp³-hybridized carbons (Fsp3) is 0.875. The third kappa shape index (κ3) is 9.43. The molecule has 0 bridgehead atoms. The van der Waals surface area contributed by atoms with Crippen molar-refractivity contribution >= 4 is 5.97 Å². The largest absolute Gasteiger partial charge is 0.481 e. The molecule has 0 heterocycles. The summed E-state index contributed by atoms with van der Waals surface area (Å²) < 4.78 is 5.16. The van der Waals surface area contributed by atoms with Gasteiger partial charge in [-0.05, 0) is 12.8 Å². The Hall–Kier alpha value is -0.570. The molecule has 0 aliphatic rings. The predicted octanol–water partition coefficient (Wildman–Crippen LogP) is 1.67. The van der Waals surface area contributed by atoms with Crippen molar-refractivity contribution in [3.05, 3.63) is 0 Å². The first kappa shape index (κ1) is 10.4. The normalized spacial score (nSPS) is 9.91. The van der Waals surface area contributed by atoms with Crippen molar-refractivity contribution in [2.75, 3.05) is 13.2 Å². The summed E-state index contributed by atoms with van der Waals surface area (Å²) >= 11 is 0. The van der Waals surface area contributed by atoms with Crippen molar-refractivity contribution < 1.29 is 14.6 Å². The summed E-state index contributed by atoms with van der Waals surface area (Å²) in [6, 6.07) is 0. The van der Waals surface area contributed by atoms with E-state index in [1.807, 2.05) is 0 Å². The molecule has 0 saturated heterocycles. The molecule has 3 nitrogen and oxygen atoms in total. The molecule has 0 atom stereocenters. The number of hydrogen-bond acceptors (Lipinski definition) is 2. The zero-order chi connectivity index (χ0) is 8.53. The van der Waals surface area contributed by atoms with E-state index in [4.69, 9.17) is 9.84 Å². The minimum Gasteiger partial charge on any atom is -0.481 e. The molecule has 0 rings (SSSR count). The van der Waals surface area contributed by atoms with Crippen molar-refractivity contribution in [2.24, 2.45) is 0 Å². The van der Waals surface area contributed by atoms with E-state index in [1.165, 1.54) is 0 Å². The third-order valence-electron chi connectivity index (χ3n) is 1.32. The summed E-state index contributed by atoms with van der Waals surface area (Å²) in [6.07, 6.45) is 3.02. The molecule has 0 spiro atoms. The van der Waals surface area contributed by atoms with Crippen LogP contribution in [0, 0.1) is 0 Å². The molecule has 0 unspecified atom stereocenters. The van der Waals surface area contributed by atoms with Gasteiger partial charge in [-0.1, -0.05) is 13.3 Å². The van der Waals surface area contributed by atoms with Gasteiger partial charge in [0.15, 0.2) is 0 Å². The SMILES string of the molecule is CCCCOCCCC(=O)O. The van der Waals surface area contributed by atoms with Crippen LogP contribution in [0.25, 0.3) is 0 Å². The Balaban J connectivity index is 2.85. The average molecular weight is 160 g/mol. The molecule has 0 aromatic carbocycles. The molecular weight excluding hydrogens is 144 g/mol. The highest BCUT2D eigenvalue weighted by Crippen LogP contribution is 1.92. The van der Waals surface area contributed by atoms with Crippen LogP contribution in [0.3, 0.4) is 0 Å². The minimum absolute atomic E-state index is 0.214. The summed E-state index contributed by atoms with van der Waals surface area (Å²) in [5, 5.41) is 8.26. The maximum Gasteiger partial charge on any atom is 0.303 e. The zero-order valence-corrected chi connectivity index (χ0v) is 7.01. The van der Waals surface area contributed by atoms with E-state index in [2.05, 4.69) is 6.92 Å². The Bertz CT molecular complexity index is 102. The number of carbonyl (C=O) groups is 1. The molecule has 0 aromatic heterocycles. The average Bonchev–Trinajstić information content (AvgIpc) is 1.96. The molecule has 0 fully saturated rings. The van der Waals surface area contributed by atoms with Crippen LogP contribution in [0.2, 0.25) is 0 Å². The number of hydrogen-bond donors (Lipinski definition) is 1. The van der Waals surface area contributed by atoms with E-state index in [0.717, 1.165) is 19.4 Å². The van der Waals surface area contributed by atoms with Crippen LogP contribution >= 0.6 is 0 Å². The van der Waals surface area contributed by atoms with Crippen LogP contribution in [-0.4, -0.2) is 24.3 Å². The maximum absolute atomic E-state index is 10.0. The minimum atomic E-state index is -0.746. The van der Waals surface area contributed by atoms with E-state index < -0.39 is 5.97 Å². The fourth-order valence-corrected chi connectivity index (χ4v) is 0.674. The lowest BCUT2D eigenvalue weighted by atomic mass is 10.3. The van der Waals surface area contributed by atoms with Gasteiger partial charge in [-0.15, -0.1) is 0 Å². The van der Waals surface area contributed by atoms with Crippen LogP contribution in [0.4, 0.5) is 0 Å². The van der Waals surface area contributed by atoms with E-state index in [0.29, 0.717) is 13.0 Å². The highest BCUT2D eigenvalue weighted by Gasteiger charge is 1.95. The summed E-state index contributed by atoms with van der Waals surface area (Å²) in [6.45, 7) is 3.43. The Labute approximate surface area is 67.4 Å². The van der Waals surface area contributed by atoms with E-state index >= 15 is 0 Å². The van der Waals surface area contributed by atoms with Gasteiger partial charge in [0.2, 0.25) is 0 Å². The van der Waals surface area contributed by atoms with Gasteiger partial charge in [-0.3, -0.25) is 4.79 Å². The second kappa shape index (κ2) is 7.54. The van der Waals surface area contributed by atoms with Gasteiger partial charge in [-0.25, -0.2) is 0 Å². The second-order valence-electron chi connectivity index (χ2n) is 2.46. The third-order valence-corrected chi connectivity index (χ3v) is 1.32. The summed E-state index contributed by atoms with van der Waals surface area (Å²) in [5.41, 5.74) is 0. The highest BCUT2D eigenvalue weighted by molar-refractivity contribution is 5.66. The smallest absolute Gasteiger partial charge is 0.303 e. The van der Waals surface area contributed by atoms with E-state index in [9.17, 15) is 4.79 Å². The van der Waals surface area contributed by atoms with Crippen molar-refractivity contribution in [3.8, 4) is 0 Å². The molecule has 0 aliphatic carbocycles. The molecule has 3 heteroatoms. The van der Waals surface area contributed by atoms with E-state index in [-0.39, 0.29) is 6.42 Å². The van der Waals surface area contributed by atoms with Crippen LogP contribution in [0.15, 0.2) is 0 Å². The number of carboxylic acid groups (broad SMARTS) is 1. The molecule has 0 saturated carbocycles. The molecule has 11 heavy (non-hydrogen) atoms. The van der Waals surface area contributed by atoms with Gasteiger partial charge in [-0.2, -0.15) is 0 Å². The first-order valence-electron chi connectivity index (χ1n) is 4.07. The van der Waals surface area contributed by atoms with Gasteiger partial charge in [0, 0.05) is 19.6 Å². The molecule has 66 valence electrons. The fourth-order valence-electron chi connectivity index (χ4n) is 0.674. The maximum atomic E-state index is 10.0. The standard InChI is InChI=1S/C8H16O3/c1-2-3-6-11-7-4-5-8(9)10/h2-7H2,1H3,(H,9,10). The lowest BCUT2D eigenvalue weighted by Crippen LogP contribution is -2.00. The van der Waals surface area contributed by atoms with Crippen molar-refractivity contribution in [1.29, 1.82) is 0 Å². The van der Waals surface area contributed by atoms with Gasteiger partial charge in [0.1, 0.15) is 0 Å². The highest BCUT2D eigenvalue weighted by atomic mass is 16.5. The molecule has 0 aliphatic heterocycles. The van der Waals surface area contributed by atoms with Crippen LogP contribution in [0.5, 0.6) is 0 Å². The Morgan fingerprint density at radius 1 is 1.36 bits per heavy atom. The van der Waals surface area contributed by atoms with Crippen LogP contribution < -0.4 is 0 Å². The predicted molar refractivity (Wildman–Crippen MR) is 42.6 cm³/mol. The number of rotatable bonds is 7. The first-order valence-corrected chi connectivity index (χ1v) is 4.07. The molecule has 1 N–H and O–H groups in total. The topological polar surface area (TPSA) is 46.5 Å². The van der Waals surface area contributed by atoms with Gasteiger partial charge in [0.05, 0.1) is 0 Å². The number of ether oxygens (including phenoxy) is 1. The second-order valence-corrected chi connectivity index (χ2v) is 2.46. The van der Waals surface area contributed by atoms with E-state index in [1.54, 1.807) is 0 Å². The Morgan fingerprint density at radius 2 is 2.00 bits per heavy atom. The van der Waals surface area contributed by atoms with Gasteiger partial charge < -0.3 is 9.84 Å². The van der Waals surface area contributed by atoms with Crippen molar-refractivity contribution in [1.82, 2.24) is 0 Å². The Kier molecular flexibility index (Phi) is 7.15. The zero-order valence-electron chi connectivity index (χ0n) is 7.01. The van der Waals surface area contributed by atoms with Crippen molar-refractivity contribution in [3.63, 3.8) is 0 Å². The Morgan fingerprint density at radius 3 is 2.55 bits per heavy atom. The molecule has 0 amide bonds. The van der Waals surface area contributed by atoms with Crippen LogP contribution in [0.1, 0.15) is 32.6 Å². The summed E-state index contributed by atoms with van der Waals surface area (Å²) in [7, 11) is 0. The number of unbranched alkanes of at least 4 members (excludes halogenated alkanes) is 1. The molecule has 0 radical (unpaired) electrons. The lowest BCUT2D eigenvalue weighted by molar-refractivity contribution is -0.137. The molecular formula is C8H16O3. The lowest BCUT2D eigenvalue weighted by Gasteiger charge is -2.00.